The van der Waals surface area contributed by atoms with Crippen LogP contribution in [0.2, 0.25) is 5.02 Å². The lowest BCUT2D eigenvalue weighted by atomic mass is 9.94. The van der Waals surface area contributed by atoms with Crippen molar-refractivity contribution >= 4 is 11.6 Å². The molecule has 29 heavy (non-hydrogen) atoms. The minimum Gasteiger partial charge on any atom is -0.383 e. The number of halogens is 3. The Labute approximate surface area is 171 Å². The molecule has 1 N–H and O–H groups in total. The lowest BCUT2D eigenvalue weighted by molar-refractivity contribution is 0.221. The van der Waals surface area contributed by atoms with Gasteiger partial charge in [0.1, 0.15) is 23.4 Å². The van der Waals surface area contributed by atoms with E-state index in [-0.39, 0.29) is 11.3 Å². The van der Waals surface area contributed by atoms with Crippen LogP contribution in [0.4, 0.5) is 8.78 Å². The number of nitrogens with zero attached hydrogens (tertiary/aromatic N) is 3. The van der Waals surface area contributed by atoms with Crippen LogP contribution in [-0.2, 0) is 7.05 Å². The molecule has 0 saturated heterocycles. The van der Waals surface area contributed by atoms with Crippen molar-refractivity contribution < 1.29 is 13.9 Å². The van der Waals surface area contributed by atoms with E-state index in [4.69, 9.17) is 11.6 Å². The van der Waals surface area contributed by atoms with Crippen molar-refractivity contribution in [3.05, 3.63) is 94.8 Å². The summed E-state index contributed by atoms with van der Waals surface area (Å²) < 4.78 is 29.6. The summed E-state index contributed by atoms with van der Waals surface area (Å²) >= 11 is 6.01. The average molecular weight is 412 g/mol. The molecule has 0 aliphatic heterocycles. The molecule has 146 valence electrons. The van der Waals surface area contributed by atoms with Crippen LogP contribution in [0.25, 0.3) is 22.5 Å². The Bertz CT molecular complexity index is 1160. The molecule has 0 saturated carbocycles. The third-order valence-electron chi connectivity index (χ3n) is 4.66. The maximum absolute atomic E-state index is 14.6. The third kappa shape index (κ3) is 3.64. The molecule has 1 atom stereocenters. The van der Waals surface area contributed by atoms with E-state index in [2.05, 4.69) is 10.1 Å². The zero-order chi connectivity index (χ0) is 20.5. The molecule has 7 heteroatoms. The largest absolute Gasteiger partial charge is 0.383 e. The van der Waals surface area contributed by atoms with Crippen LogP contribution in [0.5, 0.6) is 0 Å². The summed E-state index contributed by atoms with van der Waals surface area (Å²) in [5.74, 6) is -1.44. The number of aryl methyl sites for hydroxylation is 1. The number of benzene rings is 2. The summed E-state index contributed by atoms with van der Waals surface area (Å²) in [7, 11) is 1.70. The van der Waals surface area contributed by atoms with E-state index in [1.807, 2.05) is 0 Å². The number of hydrogen-bond donors (Lipinski definition) is 1. The van der Waals surface area contributed by atoms with E-state index < -0.39 is 17.7 Å². The van der Waals surface area contributed by atoms with E-state index in [1.54, 1.807) is 54.3 Å². The van der Waals surface area contributed by atoms with Crippen molar-refractivity contribution in [1.29, 1.82) is 0 Å². The first-order valence-electron chi connectivity index (χ1n) is 8.82. The van der Waals surface area contributed by atoms with Gasteiger partial charge in [-0.3, -0.25) is 9.67 Å². The molecule has 0 spiro atoms. The van der Waals surface area contributed by atoms with Gasteiger partial charge in [-0.1, -0.05) is 29.8 Å². The van der Waals surface area contributed by atoms with E-state index in [1.165, 1.54) is 12.3 Å². The Morgan fingerprint density at radius 2 is 1.83 bits per heavy atom. The van der Waals surface area contributed by atoms with E-state index in [0.717, 1.165) is 17.7 Å². The van der Waals surface area contributed by atoms with Gasteiger partial charge in [0.2, 0.25) is 0 Å². The fraction of sp³-hybridized carbons (Fsp3) is 0.0909. The molecule has 4 rings (SSSR count). The van der Waals surface area contributed by atoms with Crippen molar-refractivity contribution in [3.63, 3.8) is 0 Å². The molecule has 0 bridgehead atoms. The van der Waals surface area contributed by atoms with E-state index >= 15 is 0 Å². The van der Waals surface area contributed by atoms with Crippen molar-refractivity contribution in [3.8, 4) is 22.5 Å². The van der Waals surface area contributed by atoms with Crippen LogP contribution in [0.3, 0.4) is 0 Å². The molecule has 2 aromatic heterocycles. The summed E-state index contributed by atoms with van der Waals surface area (Å²) in [5, 5.41) is 16.2. The van der Waals surface area contributed by atoms with Gasteiger partial charge in [0.15, 0.2) is 0 Å². The quantitative estimate of drug-likeness (QED) is 0.504. The molecule has 0 aliphatic rings. The molecule has 2 heterocycles. The molecule has 0 amide bonds. The second-order valence-corrected chi connectivity index (χ2v) is 6.99. The van der Waals surface area contributed by atoms with Crippen molar-refractivity contribution in [1.82, 2.24) is 14.8 Å². The van der Waals surface area contributed by atoms with Gasteiger partial charge in [-0.05, 0) is 30.3 Å². The summed E-state index contributed by atoms with van der Waals surface area (Å²) in [4.78, 5) is 4.06. The first kappa shape index (κ1) is 19.2. The minimum atomic E-state index is -1.12. The van der Waals surface area contributed by atoms with Gasteiger partial charge in [0.25, 0.3) is 0 Å². The Balaban J connectivity index is 1.99. The molecule has 4 nitrogen and oxygen atoms in total. The van der Waals surface area contributed by atoms with E-state index in [9.17, 15) is 13.9 Å². The Kier molecular flexibility index (Phi) is 5.13. The monoisotopic (exact) mass is 411 g/mol. The maximum Gasteiger partial charge on any atom is 0.135 e. The van der Waals surface area contributed by atoms with Gasteiger partial charge in [0, 0.05) is 52.8 Å². The van der Waals surface area contributed by atoms with E-state index in [0.29, 0.717) is 21.8 Å². The second kappa shape index (κ2) is 7.73. The number of pyridine rings is 1. The highest BCUT2D eigenvalue weighted by Gasteiger charge is 2.27. The fourth-order valence-corrected chi connectivity index (χ4v) is 3.46. The molecule has 0 aliphatic carbocycles. The lowest BCUT2D eigenvalue weighted by Gasteiger charge is -2.15. The summed E-state index contributed by atoms with van der Waals surface area (Å²) in [6.45, 7) is 0. The van der Waals surface area contributed by atoms with Gasteiger partial charge in [-0.15, -0.1) is 0 Å². The number of rotatable bonds is 4. The predicted octanol–water partition coefficient (Wildman–Crippen LogP) is 5.16. The first-order chi connectivity index (χ1) is 14.0. The normalized spacial score (nSPS) is 12.2. The first-order valence-corrected chi connectivity index (χ1v) is 9.19. The third-order valence-corrected chi connectivity index (χ3v) is 4.91. The number of hydrogen-bond acceptors (Lipinski definition) is 3. The minimum absolute atomic E-state index is 0.0974. The van der Waals surface area contributed by atoms with Gasteiger partial charge in [0.05, 0.1) is 5.69 Å². The Morgan fingerprint density at radius 1 is 1.07 bits per heavy atom. The highest BCUT2D eigenvalue weighted by molar-refractivity contribution is 6.30. The van der Waals surface area contributed by atoms with Crippen LogP contribution in [0.1, 0.15) is 17.2 Å². The lowest BCUT2D eigenvalue weighted by Crippen LogP contribution is -2.04. The molecule has 0 radical (unpaired) electrons. The fourth-order valence-electron chi connectivity index (χ4n) is 3.33. The van der Waals surface area contributed by atoms with Crippen molar-refractivity contribution in [2.24, 2.45) is 7.05 Å². The highest BCUT2D eigenvalue weighted by atomic mass is 35.5. The molecule has 2 aromatic carbocycles. The molecular weight excluding hydrogens is 396 g/mol. The van der Waals surface area contributed by atoms with Crippen molar-refractivity contribution in [2.45, 2.75) is 6.10 Å². The summed E-state index contributed by atoms with van der Waals surface area (Å²) in [6, 6.07) is 13.7. The zero-order valence-corrected chi connectivity index (χ0v) is 16.1. The molecular formula is C22H16ClF2N3O. The predicted molar refractivity (Wildman–Crippen MR) is 107 cm³/mol. The molecule has 4 aromatic rings. The second-order valence-electron chi connectivity index (χ2n) is 6.55. The summed E-state index contributed by atoms with van der Waals surface area (Å²) in [6.07, 6.45) is 2.01. The van der Waals surface area contributed by atoms with Gasteiger partial charge in [-0.2, -0.15) is 5.10 Å². The number of aliphatic hydroxyl groups excluding tert-OH is 1. The topological polar surface area (TPSA) is 50.9 Å². The SMILES string of the molecule is Cn1nc(-c2ccc(F)cc2F)c(C(O)c2cccnc2)c1-c1ccc(Cl)cc1. The van der Waals surface area contributed by atoms with Crippen LogP contribution in [-0.4, -0.2) is 19.9 Å². The van der Waals surface area contributed by atoms with Crippen LogP contribution in [0.15, 0.2) is 67.0 Å². The highest BCUT2D eigenvalue weighted by Crippen LogP contribution is 2.39. The Hall–Kier alpha value is -3.09. The summed E-state index contributed by atoms with van der Waals surface area (Å²) in [5.41, 5.74) is 2.59. The molecule has 0 fully saturated rings. The van der Waals surface area contributed by atoms with Gasteiger partial charge >= 0.3 is 0 Å². The van der Waals surface area contributed by atoms with Crippen molar-refractivity contribution in [2.75, 3.05) is 0 Å². The van der Waals surface area contributed by atoms with Gasteiger partial charge in [-0.25, -0.2) is 8.78 Å². The Morgan fingerprint density at radius 3 is 2.48 bits per heavy atom. The van der Waals surface area contributed by atoms with Gasteiger partial charge < -0.3 is 5.11 Å². The zero-order valence-electron chi connectivity index (χ0n) is 15.4. The smallest absolute Gasteiger partial charge is 0.135 e. The van der Waals surface area contributed by atoms with Crippen LogP contribution in [0, 0.1) is 11.6 Å². The standard InChI is InChI=1S/C22H16ClF2N3O/c1-28-21(13-4-6-15(23)7-5-13)19(22(29)14-3-2-10-26-12-14)20(27-28)17-9-8-16(24)11-18(17)25/h2-12,22,29H,1H3. The molecule has 1 unspecified atom stereocenters. The van der Waals surface area contributed by atoms with Crippen LogP contribution < -0.4 is 0 Å². The number of aliphatic hydroxyl groups is 1. The van der Waals surface area contributed by atoms with Crippen LogP contribution >= 0.6 is 11.6 Å². The average Bonchev–Trinajstić information content (AvgIpc) is 3.05. The maximum atomic E-state index is 14.6. The number of aromatic nitrogens is 3.